The molecule has 164 valence electrons. The third kappa shape index (κ3) is 5.37. The summed E-state index contributed by atoms with van der Waals surface area (Å²) in [5, 5.41) is 9.57. The first kappa shape index (κ1) is 21.2. The molecular formula is C23H24N6O3. The van der Waals surface area contributed by atoms with E-state index in [2.05, 4.69) is 20.7 Å². The van der Waals surface area contributed by atoms with Crippen LogP contribution in [-0.4, -0.2) is 50.1 Å². The highest BCUT2D eigenvalue weighted by Crippen LogP contribution is 2.15. The van der Waals surface area contributed by atoms with E-state index < -0.39 is 12.1 Å². The molecular weight excluding hydrogens is 408 g/mol. The first-order valence-corrected chi connectivity index (χ1v) is 10.5. The van der Waals surface area contributed by atoms with Gasteiger partial charge in [0, 0.05) is 18.7 Å². The second kappa shape index (κ2) is 9.86. The molecule has 2 N–H and O–H groups in total. The molecule has 1 saturated heterocycles. The van der Waals surface area contributed by atoms with Crippen LogP contribution in [0.2, 0.25) is 0 Å². The minimum atomic E-state index is -0.672. The molecule has 2 aromatic carbocycles. The van der Waals surface area contributed by atoms with Crippen molar-refractivity contribution in [3.63, 3.8) is 0 Å². The smallest absolute Gasteiger partial charge is 0.324 e. The number of rotatable bonds is 9. The molecule has 1 fully saturated rings. The third-order valence-electron chi connectivity index (χ3n) is 5.28. The molecule has 0 radical (unpaired) electrons. The van der Waals surface area contributed by atoms with Crippen molar-refractivity contribution >= 4 is 23.5 Å². The van der Waals surface area contributed by atoms with Crippen molar-refractivity contribution in [2.75, 3.05) is 11.9 Å². The van der Waals surface area contributed by atoms with Crippen molar-refractivity contribution in [2.45, 2.75) is 31.8 Å². The Bertz CT molecular complexity index is 1070. The van der Waals surface area contributed by atoms with Crippen LogP contribution in [0, 0.1) is 0 Å². The van der Waals surface area contributed by atoms with Gasteiger partial charge in [-0.2, -0.15) is 5.10 Å². The average Bonchev–Trinajstić information content (AvgIpc) is 3.40. The SMILES string of the molecule is O=C(CCC1NC(=O)N(CCc2ccccc2)C1=O)Nc1ccc(Cn2cncn2)cc1. The largest absolute Gasteiger partial charge is 0.326 e. The topological polar surface area (TPSA) is 109 Å². The number of hydrogen-bond acceptors (Lipinski definition) is 5. The number of carbonyl (C=O) groups excluding carboxylic acids is 3. The third-order valence-corrected chi connectivity index (χ3v) is 5.28. The Labute approximate surface area is 185 Å². The summed E-state index contributed by atoms with van der Waals surface area (Å²) >= 11 is 0. The summed E-state index contributed by atoms with van der Waals surface area (Å²) in [5.74, 6) is -0.491. The predicted octanol–water partition coefficient (Wildman–Crippen LogP) is 2.21. The van der Waals surface area contributed by atoms with Crippen LogP contribution in [0.1, 0.15) is 24.0 Å². The fourth-order valence-electron chi connectivity index (χ4n) is 3.56. The Hall–Kier alpha value is -4.01. The molecule has 9 heteroatoms. The molecule has 1 atom stereocenters. The molecule has 0 aliphatic carbocycles. The Kier molecular flexibility index (Phi) is 6.54. The highest BCUT2D eigenvalue weighted by atomic mass is 16.2. The number of nitrogens with one attached hydrogen (secondary N) is 2. The highest BCUT2D eigenvalue weighted by Gasteiger charge is 2.37. The number of carbonyl (C=O) groups is 3. The minimum Gasteiger partial charge on any atom is -0.326 e. The number of aromatic nitrogens is 3. The van der Waals surface area contributed by atoms with Crippen LogP contribution < -0.4 is 10.6 Å². The van der Waals surface area contributed by atoms with Gasteiger partial charge in [0.2, 0.25) is 5.91 Å². The number of benzene rings is 2. The van der Waals surface area contributed by atoms with E-state index in [4.69, 9.17) is 0 Å². The van der Waals surface area contributed by atoms with E-state index >= 15 is 0 Å². The minimum absolute atomic E-state index is 0.129. The molecule has 1 aliphatic rings. The second-order valence-corrected chi connectivity index (χ2v) is 7.60. The standard InChI is InChI=1S/C23H24N6O3/c30-21(26-19-8-6-18(7-9-19)14-28-16-24-15-25-28)11-10-20-22(31)29(23(32)27-20)13-12-17-4-2-1-3-5-17/h1-9,15-16,20H,10-14H2,(H,26,30)(H,27,32). The molecule has 2 heterocycles. The van der Waals surface area contributed by atoms with Gasteiger partial charge >= 0.3 is 6.03 Å². The lowest BCUT2D eigenvalue weighted by Gasteiger charge is -2.13. The molecule has 1 aromatic heterocycles. The lowest BCUT2D eigenvalue weighted by molar-refractivity contribution is -0.127. The molecule has 4 amide bonds. The van der Waals surface area contributed by atoms with Crippen LogP contribution in [0.5, 0.6) is 0 Å². The number of urea groups is 1. The summed E-state index contributed by atoms with van der Waals surface area (Å²) in [4.78, 5) is 42.2. The first-order chi connectivity index (χ1) is 15.6. The zero-order valence-corrected chi connectivity index (χ0v) is 17.5. The molecule has 3 aromatic rings. The van der Waals surface area contributed by atoms with Crippen molar-refractivity contribution in [1.29, 1.82) is 0 Å². The summed E-state index contributed by atoms with van der Waals surface area (Å²) in [7, 11) is 0. The lowest BCUT2D eigenvalue weighted by atomic mass is 10.1. The molecule has 4 rings (SSSR count). The Morgan fingerprint density at radius 1 is 1.03 bits per heavy atom. The number of amides is 4. The van der Waals surface area contributed by atoms with Gasteiger partial charge in [-0.15, -0.1) is 0 Å². The van der Waals surface area contributed by atoms with E-state index in [1.807, 2.05) is 54.6 Å². The summed E-state index contributed by atoms with van der Waals surface area (Å²) in [6.07, 6.45) is 4.10. The van der Waals surface area contributed by atoms with E-state index in [0.717, 1.165) is 11.1 Å². The van der Waals surface area contributed by atoms with Crippen LogP contribution in [0.3, 0.4) is 0 Å². The van der Waals surface area contributed by atoms with Gasteiger partial charge in [0.25, 0.3) is 5.91 Å². The average molecular weight is 432 g/mol. The Morgan fingerprint density at radius 2 is 1.81 bits per heavy atom. The monoisotopic (exact) mass is 432 g/mol. The summed E-state index contributed by atoms with van der Waals surface area (Å²) < 4.78 is 1.71. The molecule has 32 heavy (non-hydrogen) atoms. The molecule has 1 aliphatic heterocycles. The molecule has 0 bridgehead atoms. The van der Waals surface area contributed by atoms with Gasteiger partial charge in [-0.25, -0.2) is 14.5 Å². The second-order valence-electron chi connectivity index (χ2n) is 7.60. The number of nitrogens with zero attached hydrogens (tertiary/aromatic N) is 4. The number of anilines is 1. The predicted molar refractivity (Wildman–Crippen MR) is 118 cm³/mol. The number of imide groups is 1. The zero-order valence-electron chi connectivity index (χ0n) is 17.5. The van der Waals surface area contributed by atoms with Crippen molar-refractivity contribution in [3.8, 4) is 0 Å². The van der Waals surface area contributed by atoms with Crippen molar-refractivity contribution in [3.05, 3.63) is 78.4 Å². The maximum atomic E-state index is 12.6. The fourth-order valence-corrected chi connectivity index (χ4v) is 3.56. The van der Waals surface area contributed by atoms with Gasteiger partial charge in [0.15, 0.2) is 0 Å². The summed E-state index contributed by atoms with van der Waals surface area (Å²) in [6.45, 7) is 0.913. The quantitative estimate of drug-likeness (QED) is 0.504. The maximum Gasteiger partial charge on any atom is 0.324 e. The van der Waals surface area contributed by atoms with Gasteiger partial charge in [-0.1, -0.05) is 42.5 Å². The molecule has 9 nitrogen and oxygen atoms in total. The first-order valence-electron chi connectivity index (χ1n) is 10.5. The van der Waals surface area contributed by atoms with Gasteiger partial charge in [0.1, 0.15) is 18.7 Å². The molecule has 0 spiro atoms. The van der Waals surface area contributed by atoms with Crippen LogP contribution >= 0.6 is 0 Å². The van der Waals surface area contributed by atoms with Crippen molar-refractivity contribution < 1.29 is 14.4 Å². The number of hydrogen-bond donors (Lipinski definition) is 2. The van der Waals surface area contributed by atoms with Crippen LogP contribution in [0.15, 0.2) is 67.3 Å². The van der Waals surface area contributed by atoms with E-state index in [-0.39, 0.29) is 24.7 Å². The normalized spacial score (nSPS) is 15.6. The van der Waals surface area contributed by atoms with Gasteiger partial charge in [-0.05, 0) is 36.1 Å². The van der Waals surface area contributed by atoms with Gasteiger partial charge in [0.05, 0.1) is 6.54 Å². The molecule has 0 saturated carbocycles. The van der Waals surface area contributed by atoms with Gasteiger partial charge < -0.3 is 10.6 Å². The summed E-state index contributed by atoms with van der Waals surface area (Å²) in [6, 6.07) is 16.1. The fraction of sp³-hybridized carbons (Fsp3) is 0.261. The molecule has 1 unspecified atom stereocenters. The van der Waals surface area contributed by atoms with E-state index in [1.165, 1.54) is 11.2 Å². The maximum absolute atomic E-state index is 12.6. The van der Waals surface area contributed by atoms with E-state index in [9.17, 15) is 14.4 Å². The van der Waals surface area contributed by atoms with Crippen LogP contribution in [0.4, 0.5) is 10.5 Å². The Morgan fingerprint density at radius 3 is 2.53 bits per heavy atom. The lowest BCUT2D eigenvalue weighted by Crippen LogP contribution is -2.33. The van der Waals surface area contributed by atoms with E-state index in [0.29, 0.717) is 25.2 Å². The van der Waals surface area contributed by atoms with E-state index in [1.54, 1.807) is 11.0 Å². The van der Waals surface area contributed by atoms with Crippen LogP contribution in [-0.2, 0) is 22.6 Å². The Balaban J connectivity index is 1.23. The van der Waals surface area contributed by atoms with Crippen LogP contribution in [0.25, 0.3) is 0 Å². The summed E-state index contributed by atoms with van der Waals surface area (Å²) in [5.41, 5.74) is 2.76. The van der Waals surface area contributed by atoms with Gasteiger partial charge in [-0.3, -0.25) is 14.5 Å². The van der Waals surface area contributed by atoms with Crippen molar-refractivity contribution in [1.82, 2.24) is 25.0 Å². The van der Waals surface area contributed by atoms with Crippen molar-refractivity contribution in [2.24, 2.45) is 0 Å². The highest BCUT2D eigenvalue weighted by molar-refractivity contribution is 6.04. The zero-order chi connectivity index (χ0) is 22.3.